The van der Waals surface area contributed by atoms with E-state index in [1.165, 1.54) is 11.8 Å². The van der Waals surface area contributed by atoms with Crippen LogP contribution in [-0.4, -0.2) is 30.1 Å². The molecule has 2 aromatic rings. The molecule has 0 aliphatic heterocycles. The van der Waals surface area contributed by atoms with Gasteiger partial charge in [-0.2, -0.15) is 0 Å². The van der Waals surface area contributed by atoms with Gasteiger partial charge in [-0.25, -0.2) is 0 Å². The zero-order chi connectivity index (χ0) is 16.8. The summed E-state index contributed by atoms with van der Waals surface area (Å²) in [5.74, 6) is 0.374. The Morgan fingerprint density at radius 2 is 2.13 bits per heavy atom. The van der Waals surface area contributed by atoms with Crippen molar-refractivity contribution in [2.45, 2.75) is 20.3 Å². The van der Waals surface area contributed by atoms with Crippen molar-refractivity contribution in [1.82, 2.24) is 10.5 Å². The number of anilines is 1. The van der Waals surface area contributed by atoms with E-state index >= 15 is 0 Å². The topological polar surface area (TPSA) is 75.4 Å². The van der Waals surface area contributed by atoms with Crippen LogP contribution in [0.5, 0.6) is 0 Å². The third-order valence-electron chi connectivity index (χ3n) is 3.20. The smallest absolute Gasteiger partial charge is 0.240 e. The first-order valence-corrected chi connectivity index (χ1v) is 7.56. The van der Waals surface area contributed by atoms with Gasteiger partial charge in [0.1, 0.15) is 12.3 Å². The third-order valence-corrected chi connectivity index (χ3v) is 3.43. The maximum atomic E-state index is 12.0. The lowest BCUT2D eigenvalue weighted by atomic mass is 10.1. The maximum Gasteiger partial charge on any atom is 0.240 e. The molecule has 0 saturated heterocycles. The zero-order valence-corrected chi connectivity index (χ0v) is 13.8. The van der Waals surface area contributed by atoms with E-state index in [1.807, 2.05) is 18.2 Å². The van der Waals surface area contributed by atoms with Gasteiger partial charge in [0.25, 0.3) is 0 Å². The molecule has 0 saturated carbocycles. The van der Waals surface area contributed by atoms with E-state index in [9.17, 15) is 9.59 Å². The highest BCUT2D eigenvalue weighted by molar-refractivity contribution is 6.30. The van der Waals surface area contributed by atoms with Crippen LogP contribution < -0.4 is 10.2 Å². The first-order chi connectivity index (χ1) is 11.0. The second kappa shape index (κ2) is 7.78. The number of nitrogens with one attached hydrogen (secondary N) is 1. The number of aromatic nitrogens is 1. The molecule has 2 amide bonds. The number of aryl methyl sites for hydroxylation is 1. The van der Waals surface area contributed by atoms with E-state index < -0.39 is 0 Å². The molecular weight excluding hydrogens is 318 g/mol. The number of nitrogens with zero attached hydrogens (tertiary/aromatic N) is 2. The van der Waals surface area contributed by atoms with Crippen molar-refractivity contribution in [2.75, 3.05) is 18.0 Å². The van der Waals surface area contributed by atoms with Crippen molar-refractivity contribution >= 4 is 29.2 Å². The van der Waals surface area contributed by atoms with Gasteiger partial charge in [-0.15, -0.1) is 0 Å². The molecule has 1 aromatic heterocycles. The molecule has 1 N–H and O–H groups in total. The summed E-state index contributed by atoms with van der Waals surface area (Å²) in [6.45, 7) is 3.46. The highest BCUT2D eigenvalue weighted by atomic mass is 35.5. The highest BCUT2D eigenvalue weighted by Crippen LogP contribution is 2.14. The first-order valence-electron chi connectivity index (χ1n) is 7.18. The van der Waals surface area contributed by atoms with Crippen molar-refractivity contribution in [3.05, 3.63) is 46.7 Å². The van der Waals surface area contributed by atoms with Crippen molar-refractivity contribution in [3.63, 3.8) is 0 Å². The predicted octanol–water partition coefficient (Wildman–Crippen LogP) is 2.35. The number of benzene rings is 1. The summed E-state index contributed by atoms with van der Waals surface area (Å²) < 4.78 is 4.94. The van der Waals surface area contributed by atoms with Gasteiger partial charge < -0.3 is 9.84 Å². The third kappa shape index (κ3) is 5.10. The Kier molecular flexibility index (Phi) is 5.76. The molecule has 6 nitrogen and oxygen atoms in total. The Hall–Kier alpha value is -2.34. The summed E-state index contributed by atoms with van der Waals surface area (Å²) in [7, 11) is 0. The van der Waals surface area contributed by atoms with Gasteiger partial charge in [-0.1, -0.05) is 28.9 Å². The van der Waals surface area contributed by atoms with E-state index in [0.29, 0.717) is 29.6 Å². The molecule has 23 heavy (non-hydrogen) atoms. The Balaban J connectivity index is 1.86. The number of carbonyl (C=O) groups excluding carboxylic acids is 2. The molecule has 0 unspecified atom stereocenters. The minimum Gasteiger partial charge on any atom is -0.360 e. The van der Waals surface area contributed by atoms with E-state index in [2.05, 4.69) is 10.5 Å². The summed E-state index contributed by atoms with van der Waals surface area (Å²) in [4.78, 5) is 24.9. The number of rotatable bonds is 6. The summed E-state index contributed by atoms with van der Waals surface area (Å²) >= 11 is 5.91. The van der Waals surface area contributed by atoms with E-state index in [1.54, 1.807) is 19.1 Å². The van der Waals surface area contributed by atoms with Crippen LogP contribution in [0.2, 0.25) is 5.02 Å². The maximum absolute atomic E-state index is 12.0. The SMILES string of the molecule is CC(=O)N(CC(=O)NCCc1cccc(Cl)c1)c1cc(C)on1. The molecule has 0 fully saturated rings. The van der Waals surface area contributed by atoms with Gasteiger partial charge in [0.15, 0.2) is 5.82 Å². The summed E-state index contributed by atoms with van der Waals surface area (Å²) in [5, 5.41) is 7.21. The average molecular weight is 336 g/mol. The van der Waals surface area contributed by atoms with E-state index in [4.69, 9.17) is 16.1 Å². The van der Waals surface area contributed by atoms with Crippen LogP contribution >= 0.6 is 11.6 Å². The number of carbonyl (C=O) groups is 2. The van der Waals surface area contributed by atoms with Crippen LogP contribution in [0.1, 0.15) is 18.2 Å². The van der Waals surface area contributed by atoms with E-state index in [0.717, 1.165) is 5.56 Å². The fraction of sp³-hybridized carbons (Fsp3) is 0.312. The second-order valence-corrected chi connectivity index (χ2v) is 5.57. The average Bonchev–Trinajstić information content (AvgIpc) is 2.91. The van der Waals surface area contributed by atoms with Crippen molar-refractivity contribution in [3.8, 4) is 0 Å². The minimum atomic E-state index is -0.275. The number of amides is 2. The normalized spacial score (nSPS) is 10.4. The van der Waals surface area contributed by atoms with Crippen LogP contribution in [0.25, 0.3) is 0 Å². The quantitative estimate of drug-likeness (QED) is 0.879. The minimum absolute atomic E-state index is 0.100. The summed E-state index contributed by atoms with van der Waals surface area (Å²) in [6, 6.07) is 9.07. The van der Waals surface area contributed by atoms with Gasteiger partial charge in [0.2, 0.25) is 11.8 Å². The zero-order valence-electron chi connectivity index (χ0n) is 13.0. The number of hydrogen-bond donors (Lipinski definition) is 1. The molecule has 0 radical (unpaired) electrons. The first kappa shape index (κ1) is 17.0. The highest BCUT2D eigenvalue weighted by Gasteiger charge is 2.18. The molecule has 1 aromatic carbocycles. The molecule has 0 aliphatic carbocycles. The summed E-state index contributed by atoms with van der Waals surface area (Å²) in [5.41, 5.74) is 1.04. The lowest BCUT2D eigenvalue weighted by Crippen LogP contribution is -2.40. The van der Waals surface area contributed by atoms with Crippen molar-refractivity contribution in [1.29, 1.82) is 0 Å². The van der Waals surface area contributed by atoms with Crippen LogP contribution in [0, 0.1) is 6.92 Å². The van der Waals surface area contributed by atoms with Crippen LogP contribution in [0.4, 0.5) is 5.82 Å². The largest absolute Gasteiger partial charge is 0.360 e. The fourth-order valence-electron chi connectivity index (χ4n) is 2.07. The Morgan fingerprint density at radius 1 is 1.35 bits per heavy atom. The van der Waals surface area contributed by atoms with Crippen molar-refractivity contribution < 1.29 is 14.1 Å². The molecule has 2 rings (SSSR count). The van der Waals surface area contributed by atoms with Gasteiger partial charge in [0, 0.05) is 24.6 Å². The Bertz CT molecular complexity index is 699. The Morgan fingerprint density at radius 3 is 2.74 bits per heavy atom. The predicted molar refractivity (Wildman–Crippen MR) is 87.4 cm³/mol. The molecule has 0 aliphatic rings. The molecule has 122 valence electrons. The van der Waals surface area contributed by atoms with Crippen LogP contribution in [0.3, 0.4) is 0 Å². The van der Waals surface area contributed by atoms with Crippen LogP contribution in [-0.2, 0) is 16.0 Å². The number of halogens is 1. The van der Waals surface area contributed by atoms with Gasteiger partial charge in [0.05, 0.1) is 0 Å². The second-order valence-electron chi connectivity index (χ2n) is 5.13. The lowest BCUT2D eigenvalue weighted by molar-refractivity contribution is -0.123. The molecule has 7 heteroatoms. The van der Waals surface area contributed by atoms with Gasteiger partial charge in [-0.05, 0) is 31.0 Å². The summed E-state index contributed by atoms with van der Waals surface area (Å²) in [6.07, 6.45) is 0.662. The molecule has 0 spiro atoms. The Labute approximate surface area is 139 Å². The van der Waals surface area contributed by atoms with Gasteiger partial charge in [-0.3, -0.25) is 14.5 Å². The van der Waals surface area contributed by atoms with E-state index in [-0.39, 0.29) is 18.4 Å². The monoisotopic (exact) mass is 335 g/mol. The lowest BCUT2D eigenvalue weighted by Gasteiger charge is -2.17. The van der Waals surface area contributed by atoms with Gasteiger partial charge >= 0.3 is 0 Å². The fourth-order valence-corrected chi connectivity index (χ4v) is 2.29. The molecule has 0 bridgehead atoms. The standard InChI is InChI=1S/C16H18ClN3O3/c1-11-8-15(19-23-11)20(12(2)21)10-16(22)18-7-6-13-4-3-5-14(17)9-13/h3-5,8-9H,6-7,10H2,1-2H3,(H,18,22). The number of hydrogen-bond acceptors (Lipinski definition) is 4. The van der Waals surface area contributed by atoms with Crippen LogP contribution in [0.15, 0.2) is 34.9 Å². The molecule has 0 atom stereocenters. The van der Waals surface area contributed by atoms with Crippen molar-refractivity contribution in [2.24, 2.45) is 0 Å². The molecule has 1 heterocycles. The molecular formula is C16H18ClN3O3.